The van der Waals surface area contributed by atoms with E-state index in [-0.39, 0.29) is 13.9 Å². The van der Waals surface area contributed by atoms with Crippen LogP contribution in [-0.2, 0) is 0 Å². The molecular formula is C10H13Cl4NO2S. The summed E-state index contributed by atoms with van der Waals surface area (Å²) >= 11 is 23.5. The zero-order valence-corrected chi connectivity index (χ0v) is 13.6. The molecular weight excluding hydrogens is 340 g/mol. The number of hydrogen-bond donors (Lipinski definition) is 0. The van der Waals surface area contributed by atoms with Crippen molar-refractivity contribution in [1.29, 1.82) is 0 Å². The lowest BCUT2D eigenvalue weighted by Gasteiger charge is -2.02. The zero-order valence-electron chi connectivity index (χ0n) is 9.72. The van der Waals surface area contributed by atoms with E-state index in [1.807, 2.05) is 0 Å². The molecule has 0 atom stereocenters. The number of nitro groups is 1. The summed E-state index contributed by atoms with van der Waals surface area (Å²) in [6.45, 7) is 2.11. The monoisotopic (exact) mass is 351 g/mol. The third-order valence-electron chi connectivity index (χ3n) is 1.97. The van der Waals surface area contributed by atoms with E-state index < -0.39 is 10.6 Å². The number of hydrogen-bond acceptors (Lipinski definition) is 3. The minimum Gasteiger partial charge on any atom is -0.258 e. The van der Waals surface area contributed by atoms with E-state index >= 15 is 0 Å². The van der Waals surface area contributed by atoms with Crippen LogP contribution in [0.25, 0.3) is 0 Å². The van der Waals surface area contributed by atoms with Crippen LogP contribution in [0, 0.1) is 10.1 Å². The molecule has 0 aromatic heterocycles. The summed E-state index contributed by atoms with van der Waals surface area (Å²) in [5.74, 6) is 0.695. The van der Waals surface area contributed by atoms with Crippen LogP contribution in [0.2, 0.25) is 0 Å². The van der Waals surface area contributed by atoms with Gasteiger partial charge in [0.15, 0.2) is 9.40 Å². The Morgan fingerprint density at radius 3 is 2.22 bits per heavy atom. The Balaban J connectivity index is 4.61. The molecule has 18 heavy (non-hydrogen) atoms. The van der Waals surface area contributed by atoms with Crippen LogP contribution in [0.1, 0.15) is 32.6 Å². The number of nitrogens with zero attached hydrogens (tertiary/aromatic N) is 1. The molecule has 0 N–H and O–H groups in total. The van der Waals surface area contributed by atoms with Gasteiger partial charge in [0.05, 0.1) is 4.92 Å². The van der Waals surface area contributed by atoms with E-state index in [9.17, 15) is 10.1 Å². The Hall–Kier alpha value is 0.390. The summed E-state index contributed by atoms with van der Waals surface area (Å²) in [5, 5.41) is 10.5. The minimum absolute atomic E-state index is 0.000276. The summed E-state index contributed by atoms with van der Waals surface area (Å²) in [7, 11) is 0. The minimum atomic E-state index is -0.686. The van der Waals surface area contributed by atoms with Crippen LogP contribution >= 0.6 is 58.2 Å². The highest BCUT2D eigenvalue weighted by molar-refractivity contribution is 8.04. The fourth-order valence-electron chi connectivity index (χ4n) is 1.09. The number of rotatable bonds is 8. The molecule has 0 saturated carbocycles. The van der Waals surface area contributed by atoms with E-state index in [1.165, 1.54) is 11.8 Å². The smallest absolute Gasteiger partial charge is 0.258 e. The van der Waals surface area contributed by atoms with Crippen molar-refractivity contribution >= 4 is 58.2 Å². The average molecular weight is 353 g/mol. The van der Waals surface area contributed by atoms with E-state index in [0.29, 0.717) is 5.75 Å². The molecule has 0 radical (unpaired) electrons. The highest BCUT2D eigenvalue weighted by Gasteiger charge is 2.24. The first kappa shape index (κ1) is 18.4. The van der Waals surface area contributed by atoms with Crippen LogP contribution in [0.15, 0.2) is 19.6 Å². The lowest BCUT2D eigenvalue weighted by Crippen LogP contribution is -2.01. The van der Waals surface area contributed by atoms with Crippen LogP contribution in [0.5, 0.6) is 0 Å². The van der Waals surface area contributed by atoms with Gasteiger partial charge < -0.3 is 0 Å². The number of thioether (sulfide) groups is 1. The summed E-state index contributed by atoms with van der Waals surface area (Å²) in [5.41, 5.74) is -0.446. The number of allylic oxidation sites excluding steroid dienone is 1. The van der Waals surface area contributed by atoms with Gasteiger partial charge in [-0.2, -0.15) is 0 Å². The zero-order chi connectivity index (χ0) is 14.1. The maximum absolute atomic E-state index is 10.8. The van der Waals surface area contributed by atoms with E-state index in [1.54, 1.807) is 0 Å². The Morgan fingerprint density at radius 1 is 1.17 bits per heavy atom. The maximum Gasteiger partial charge on any atom is 0.315 e. The second kappa shape index (κ2) is 10.2. The lowest BCUT2D eigenvalue weighted by molar-refractivity contribution is -0.419. The highest BCUT2D eigenvalue weighted by Crippen LogP contribution is 2.34. The summed E-state index contributed by atoms with van der Waals surface area (Å²) < 4.78 is -0.367. The first-order valence-corrected chi connectivity index (χ1v) is 7.79. The Kier molecular flexibility index (Phi) is 10.4. The molecule has 8 heteroatoms. The van der Waals surface area contributed by atoms with Gasteiger partial charge in [-0.1, -0.05) is 72.6 Å². The largest absolute Gasteiger partial charge is 0.315 e. The van der Waals surface area contributed by atoms with Crippen molar-refractivity contribution in [3.05, 3.63) is 29.7 Å². The topological polar surface area (TPSA) is 43.1 Å². The molecule has 0 spiro atoms. The highest BCUT2D eigenvalue weighted by atomic mass is 35.5. The quantitative estimate of drug-likeness (QED) is 0.237. The van der Waals surface area contributed by atoms with Gasteiger partial charge in [-0.15, -0.1) is 11.8 Å². The van der Waals surface area contributed by atoms with E-state index in [2.05, 4.69) is 6.92 Å². The normalized spacial score (nSPS) is 12.1. The van der Waals surface area contributed by atoms with Crippen LogP contribution in [-0.4, -0.2) is 10.7 Å². The number of unbranched alkanes of at least 4 members (excludes halogenated alkanes) is 3. The van der Waals surface area contributed by atoms with Gasteiger partial charge in [-0.25, -0.2) is 0 Å². The van der Waals surface area contributed by atoms with Crippen molar-refractivity contribution in [3.8, 4) is 0 Å². The van der Waals surface area contributed by atoms with Crippen LogP contribution in [0.4, 0.5) is 0 Å². The second-order valence-corrected chi connectivity index (χ2v) is 6.40. The standard InChI is InChI=1S/C10H13Cl4NO2S/c1-2-3-4-5-6-18-10(14)8(15(16)17)7(11)9(12)13/h2-6H2,1H3. The molecule has 0 fully saturated rings. The van der Waals surface area contributed by atoms with Gasteiger partial charge >= 0.3 is 5.70 Å². The van der Waals surface area contributed by atoms with Crippen molar-refractivity contribution < 1.29 is 4.92 Å². The Morgan fingerprint density at radius 2 is 1.78 bits per heavy atom. The third kappa shape index (κ3) is 7.10. The predicted octanol–water partition coefficient (Wildman–Crippen LogP) is 5.87. The average Bonchev–Trinajstić information content (AvgIpc) is 2.28. The summed E-state index contributed by atoms with van der Waals surface area (Å²) in [6, 6.07) is 0. The van der Waals surface area contributed by atoms with Crippen molar-refractivity contribution in [1.82, 2.24) is 0 Å². The van der Waals surface area contributed by atoms with Crippen molar-refractivity contribution in [2.24, 2.45) is 0 Å². The van der Waals surface area contributed by atoms with Gasteiger partial charge in [0.25, 0.3) is 0 Å². The van der Waals surface area contributed by atoms with E-state index in [4.69, 9.17) is 46.4 Å². The van der Waals surface area contributed by atoms with Gasteiger partial charge in [-0.05, 0) is 12.2 Å². The molecule has 0 aromatic carbocycles. The predicted molar refractivity (Wildman–Crippen MR) is 81.1 cm³/mol. The fourth-order valence-corrected chi connectivity index (χ4v) is 2.77. The van der Waals surface area contributed by atoms with Gasteiger partial charge in [0.2, 0.25) is 0 Å². The molecule has 0 saturated heterocycles. The molecule has 0 amide bonds. The Labute approximate surface area is 131 Å². The molecule has 0 rings (SSSR count). The van der Waals surface area contributed by atoms with Crippen molar-refractivity contribution in [3.63, 3.8) is 0 Å². The maximum atomic E-state index is 10.8. The lowest BCUT2D eigenvalue weighted by atomic mass is 10.2. The Bertz CT molecular complexity index is 354. The SMILES string of the molecule is CCCCCCSC(Cl)=C(C(Cl)=C(Cl)Cl)[N+](=O)[O-]. The van der Waals surface area contributed by atoms with Gasteiger partial charge in [-0.3, -0.25) is 10.1 Å². The molecule has 0 unspecified atom stereocenters. The molecule has 0 aromatic rings. The first-order valence-electron chi connectivity index (χ1n) is 5.29. The molecule has 0 bridgehead atoms. The summed E-state index contributed by atoms with van der Waals surface area (Å²) in [4.78, 5) is 10.2. The van der Waals surface area contributed by atoms with E-state index in [0.717, 1.165) is 25.7 Å². The van der Waals surface area contributed by atoms with Gasteiger partial charge in [0.1, 0.15) is 4.49 Å². The first-order chi connectivity index (χ1) is 8.41. The third-order valence-corrected chi connectivity index (χ3v) is 4.35. The molecule has 0 heterocycles. The van der Waals surface area contributed by atoms with Crippen LogP contribution in [0.3, 0.4) is 0 Å². The van der Waals surface area contributed by atoms with Crippen LogP contribution < -0.4 is 0 Å². The molecule has 0 aliphatic carbocycles. The fraction of sp³-hybridized carbons (Fsp3) is 0.600. The number of halogens is 4. The van der Waals surface area contributed by atoms with Gasteiger partial charge in [0, 0.05) is 0 Å². The van der Waals surface area contributed by atoms with Crippen molar-refractivity contribution in [2.75, 3.05) is 5.75 Å². The molecule has 3 nitrogen and oxygen atoms in total. The van der Waals surface area contributed by atoms with Crippen molar-refractivity contribution in [2.45, 2.75) is 32.6 Å². The molecule has 0 aliphatic heterocycles. The molecule has 104 valence electrons. The summed E-state index contributed by atoms with van der Waals surface area (Å²) in [6.07, 6.45) is 4.28. The second-order valence-electron chi connectivity index (χ2n) is 3.36. The molecule has 0 aliphatic rings.